The Bertz CT molecular complexity index is 640. The molecular formula is C27H53FN4. The second-order valence-corrected chi connectivity index (χ2v) is 13.3. The highest BCUT2D eigenvalue weighted by atomic mass is 19.1. The Kier molecular flexibility index (Phi) is 8.36. The van der Waals surface area contributed by atoms with Crippen molar-refractivity contribution in [3.05, 3.63) is 12.7 Å². The Hall–Kier alpha value is -0.490. The predicted molar refractivity (Wildman–Crippen MR) is 136 cm³/mol. The van der Waals surface area contributed by atoms with Crippen LogP contribution in [0, 0.1) is 17.3 Å². The molecule has 188 valence electrons. The van der Waals surface area contributed by atoms with Crippen molar-refractivity contribution in [2.45, 2.75) is 136 Å². The first-order valence-corrected chi connectivity index (χ1v) is 12.8. The van der Waals surface area contributed by atoms with Crippen LogP contribution >= 0.6 is 0 Å². The molecule has 2 saturated heterocycles. The molecule has 2 aliphatic heterocycles. The van der Waals surface area contributed by atoms with Gasteiger partial charge in [0.1, 0.15) is 6.17 Å². The number of hydrogen-bond donors (Lipinski definition) is 2. The number of likely N-dealkylation sites (tertiary alicyclic amines) is 2. The summed E-state index contributed by atoms with van der Waals surface area (Å²) in [4.78, 5) is 5.03. The van der Waals surface area contributed by atoms with Crippen molar-refractivity contribution >= 4 is 0 Å². The van der Waals surface area contributed by atoms with Gasteiger partial charge in [-0.3, -0.25) is 9.80 Å². The molecule has 2 aliphatic rings. The van der Waals surface area contributed by atoms with Crippen LogP contribution in [0.5, 0.6) is 0 Å². The minimum absolute atomic E-state index is 0.00150. The Morgan fingerprint density at radius 3 is 2.12 bits per heavy atom. The fraction of sp³-hybridized carbons (Fsp3) is 0.926. The lowest BCUT2D eigenvalue weighted by molar-refractivity contribution is 0.00670. The van der Waals surface area contributed by atoms with Gasteiger partial charge >= 0.3 is 0 Å². The molecular weight excluding hydrogens is 399 g/mol. The molecule has 5 heteroatoms. The highest BCUT2D eigenvalue weighted by molar-refractivity contribution is 5.14. The van der Waals surface area contributed by atoms with Crippen LogP contribution in [0.2, 0.25) is 0 Å². The number of nitrogens with zero attached hydrogens (tertiary/aromatic N) is 2. The van der Waals surface area contributed by atoms with Crippen molar-refractivity contribution in [3.8, 4) is 0 Å². The molecule has 0 bridgehead atoms. The third kappa shape index (κ3) is 5.26. The number of rotatable bonds is 8. The van der Waals surface area contributed by atoms with E-state index in [4.69, 9.17) is 11.5 Å². The van der Waals surface area contributed by atoms with Gasteiger partial charge in [-0.25, -0.2) is 4.39 Å². The summed E-state index contributed by atoms with van der Waals surface area (Å²) in [6.45, 7) is 27.1. The van der Waals surface area contributed by atoms with Gasteiger partial charge in [-0.1, -0.05) is 47.6 Å². The first-order valence-electron chi connectivity index (χ1n) is 12.8. The zero-order valence-electron chi connectivity index (χ0n) is 22.7. The maximum Gasteiger partial charge on any atom is 0.129 e. The molecule has 0 spiro atoms. The third-order valence-corrected chi connectivity index (χ3v) is 8.45. The Morgan fingerprint density at radius 1 is 1.12 bits per heavy atom. The van der Waals surface area contributed by atoms with Gasteiger partial charge < -0.3 is 11.5 Å². The lowest BCUT2D eigenvalue weighted by Crippen LogP contribution is -2.58. The average Bonchev–Trinajstić information content (AvgIpc) is 3.08. The molecule has 4 N–H and O–H groups in total. The average molecular weight is 453 g/mol. The molecule has 2 fully saturated rings. The minimum atomic E-state index is -0.981. The van der Waals surface area contributed by atoms with Crippen LogP contribution in [-0.2, 0) is 0 Å². The quantitative estimate of drug-likeness (QED) is 0.511. The molecule has 0 aliphatic carbocycles. The molecule has 32 heavy (non-hydrogen) atoms. The molecule has 4 unspecified atom stereocenters. The molecule has 2 heterocycles. The second kappa shape index (κ2) is 9.64. The van der Waals surface area contributed by atoms with E-state index >= 15 is 0 Å². The Labute approximate surface area is 198 Å². The van der Waals surface area contributed by atoms with Crippen LogP contribution in [0.4, 0.5) is 4.39 Å². The maximum atomic E-state index is 14.9. The standard InChI is InChI=1S/C27H53FN4/c1-12-13-27(30)15-20(32(19(6)17(2)3)23(27)18(4)5)14-26(10,11)24-22(29)21(28)16-31(24)25(7,8)9/h12,17-24H,1,13-16,29-30H2,2-11H3/t19?,20?,21-,22-,23?,24?,27+/m0/s1. The van der Waals surface area contributed by atoms with Gasteiger partial charge in [0.05, 0.1) is 6.04 Å². The number of hydrogen-bond acceptors (Lipinski definition) is 4. The van der Waals surface area contributed by atoms with E-state index in [0.29, 0.717) is 36.5 Å². The first-order chi connectivity index (χ1) is 14.5. The van der Waals surface area contributed by atoms with E-state index in [0.717, 1.165) is 19.3 Å². The highest BCUT2D eigenvalue weighted by Gasteiger charge is 2.56. The summed E-state index contributed by atoms with van der Waals surface area (Å²) >= 11 is 0. The zero-order chi connectivity index (χ0) is 24.8. The highest BCUT2D eigenvalue weighted by Crippen LogP contribution is 2.47. The van der Waals surface area contributed by atoms with Crippen molar-refractivity contribution in [1.82, 2.24) is 9.80 Å². The normalized spacial score (nSPS) is 36.4. The Morgan fingerprint density at radius 2 is 1.69 bits per heavy atom. The number of alkyl halides is 1. The molecule has 0 aromatic carbocycles. The fourth-order valence-electron chi connectivity index (χ4n) is 6.97. The molecule has 0 radical (unpaired) electrons. The fourth-order valence-corrected chi connectivity index (χ4v) is 6.97. The van der Waals surface area contributed by atoms with E-state index in [-0.39, 0.29) is 22.5 Å². The number of nitrogens with two attached hydrogens (primary N) is 2. The van der Waals surface area contributed by atoms with Gasteiger partial charge in [-0.05, 0) is 64.2 Å². The molecule has 0 aromatic rings. The summed E-state index contributed by atoms with van der Waals surface area (Å²) in [5, 5.41) is 0. The van der Waals surface area contributed by atoms with E-state index in [1.165, 1.54) is 0 Å². The van der Waals surface area contributed by atoms with Crippen LogP contribution in [0.1, 0.15) is 88.5 Å². The van der Waals surface area contributed by atoms with Crippen molar-refractivity contribution in [1.29, 1.82) is 0 Å². The topological polar surface area (TPSA) is 58.5 Å². The SMILES string of the molecule is C=CC[C@@]1(N)CC(CC(C)(C)C2[C@@H](N)[C@@H](F)CN2C(C)(C)C)N(C(C)C(C)C)C1C(C)C. The summed E-state index contributed by atoms with van der Waals surface area (Å²) < 4.78 is 14.9. The van der Waals surface area contributed by atoms with Gasteiger partial charge in [-0.15, -0.1) is 6.58 Å². The smallest absolute Gasteiger partial charge is 0.129 e. The second-order valence-electron chi connectivity index (χ2n) is 13.3. The lowest BCUT2D eigenvalue weighted by Gasteiger charge is -2.48. The third-order valence-electron chi connectivity index (χ3n) is 8.45. The van der Waals surface area contributed by atoms with Gasteiger partial charge in [0.25, 0.3) is 0 Å². The van der Waals surface area contributed by atoms with Crippen molar-refractivity contribution in [2.75, 3.05) is 6.54 Å². The molecule has 4 nitrogen and oxygen atoms in total. The van der Waals surface area contributed by atoms with Crippen LogP contribution in [0.3, 0.4) is 0 Å². The first kappa shape index (κ1) is 27.8. The van der Waals surface area contributed by atoms with Crippen LogP contribution in [-0.4, -0.2) is 63.8 Å². The molecule has 0 saturated carbocycles. The molecule has 0 aromatic heterocycles. The Balaban J connectivity index is 2.45. The van der Waals surface area contributed by atoms with E-state index in [2.05, 4.69) is 85.6 Å². The van der Waals surface area contributed by atoms with Gasteiger partial charge in [0, 0.05) is 41.8 Å². The van der Waals surface area contributed by atoms with Crippen LogP contribution in [0.25, 0.3) is 0 Å². The number of halogens is 1. The minimum Gasteiger partial charge on any atom is -0.324 e. The van der Waals surface area contributed by atoms with Crippen molar-refractivity contribution < 1.29 is 4.39 Å². The van der Waals surface area contributed by atoms with Crippen LogP contribution in [0.15, 0.2) is 12.7 Å². The molecule has 0 amide bonds. The van der Waals surface area contributed by atoms with E-state index in [9.17, 15) is 4.39 Å². The van der Waals surface area contributed by atoms with E-state index < -0.39 is 12.2 Å². The summed E-state index contributed by atoms with van der Waals surface area (Å²) in [6, 6.07) is 0.594. The largest absolute Gasteiger partial charge is 0.324 e. The summed E-state index contributed by atoms with van der Waals surface area (Å²) in [5.41, 5.74) is 13.1. The summed E-state index contributed by atoms with van der Waals surface area (Å²) in [6.07, 6.45) is 3.73. The maximum absolute atomic E-state index is 14.9. The van der Waals surface area contributed by atoms with Crippen molar-refractivity contribution in [3.63, 3.8) is 0 Å². The lowest BCUT2D eigenvalue weighted by atomic mass is 9.73. The van der Waals surface area contributed by atoms with Crippen molar-refractivity contribution in [2.24, 2.45) is 28.7 Å². The zero-order valence-corrected chi connectivity index (χ0v) is 22.7. The summed E-state index contributed by atoms with van der Waals surface area (Å²) in [7, 11) is 0. The van der Waals surface area contributed by atoms with Crippen LogP contribution < -0.4 is 11.5 Å². The monoisotopic (exact) mass is 452 g/mol. The van der Waals surface area contributed by atoms with Gasteiger partial charge in [0.15, 0.2) is 0 Å². The van der Waals surface area contributed by atoms with E-state index in [1.807, 2.05) is 6.08 Å². The molecule has 2 rings (SSSR count). The summed E-state index contributed by atoms with van der Waals surface area (Å²) in [5.74, 6) is 0.979. The van der Waals surface area contributed by atoms with E-state index in [1.54, 1.807) is 0 Å². The van der Waals surface area contributed by atoms with Gasteiger partial charge in [-0.2, -0.15) is 0 Å². The predicted octanol–water partition coefficient (Wildman–Crippen LogP) is 4.97. The molecule has 7 atom stereocenters. The van der Waals surface area contributed by atoms with Gasteiger partial charge in [0.2, 0.25) is 0 Å².